The number of ketones is 1. The Hall–Kier alpha value is -3.52. The van der Waals surface area contributed by atoms with Crippen molar-refractivity contribution in [1.82, 2.24) is 9.78 Å². The smallest absolute Gasteiger partial charge is 0.360 e. The predicted molar refractivity (Wildman–Crippen MR) is 105 cm³/mol. The van der Waals surface area contributed by atoms with E-state index >= 15 is 0 Å². The summed E-state index contributed by atoms with van der Waals surface area (Å²) in [6.45, 7) is 1.09. The minimum absolute atomic E-state index is 0.0652. The Balaban J connectivity index is 1.89. The first kappa shape index (κ1) is 20.2. The lowest BCUT2D eigenvalue weighted by Crippen LogP contribution is -2.30. The molecular formula is C21H20N2O6. The highest BCUT2D eigenvalue weighted by molar-refractivity contribution is 6.05. The van der Waals surface area contributed by atoms with Crippen molar-refractivity contribution < 1.29 is 24.2 Å². The minimum atomic E-state index is -1.06. The molecule has 0 saturated heterocycles. The molecule has 1 atom stereocenters. The number of hydrogen-bond donors (Lipinski definition) is 1. The number of aromatic nitrogens is 2. The van der Waals surface area contributed by atoms with Crippen LogP contribution in [0.2, 0.25) is 0 Å². The Kier molecular flexibility index (Phi) is 6.04. The van der Waals surface area contributed by atoms with Crippen LogP contribution in [0.1, 0.15) is 27.8 Å². The molecule has 0 unspecified atom stereocenters. The highest BCUT2D eigenvalue weighted by Crippen LogP contribution is 2.17. The Labute approximate surface area is 166 Å². The average Bonchev–Trinajstić information content (AvgIpc) is 2.75. The summed E-state index contributed by atoms with van der Waals surface area (Å²) in [7, 11) is 1.52. The maximum Gasteiger partial charge on any atom is 0.360 e. The maximum atomic E-state index is 12.7. The lowest BCUT2D eigenvalue weighted by Gasteiger charge is -2.14. The van der Waals surface area contributed by atoms with Gasteiger partial charge in [-0.1, -0.05) is 18.2 Å². The molecule has 1 aromatic heterocycles. The van der Waals surface area contributed by atoms with E-state index in [1.807, 2.05) is 0 Å². The molecule has 0 spiro atoms. The molecule has 8 nitrogen and oxygen atoms in total. The molecule has 0 bridgehead atoms. The lowest BCUT2D eigenvalue weighted by molar-refractivity contribution is 0.0312. The van der Waals surface area contributed by atoms with Gasteiger partial charge >= 0.3 is 5.97 Å². The van der Waals surface area contributed by atoms with Gasteiger partial charge in [-0.05, 0) is 37.3 Å². The standard InChI is InChI=1S/C21H20N2O6/c1-13(19(25)14-7-9-15(28-2)10-8-14)29-21(27)18-16-5-3-4-6-17(16)20(26)23(22-18)11-12-24/h3-10,13,24H,11-12H2,1-2H3/t13-/m1/s1. The van der Waals surface area contributed by atoms with Crippen LogP contribution in [0.5, 0.6) is 5.75 Å². The van der Waals surface area contributed by atoms with Gasteiger partial charge in [-0.3, -0.25) is 9.59 Å². The van der Waals surface area contributed by atoms with Gasteiger partial charge < -0.3 is 14.6 Å². The van der Waals surface area contributed by atoms with Crippen molar-refractivity contribution >= 4 is 22.5 Å². The van der Waals surface area contributed by atoms with Gasteiger partial charge in [0.2, 0.25) is 5.78 Å². The van der Waals surface area contributed by atoms with Crippen LogP contribution in [-0.2, 0) is 11.3 Å². The molecule has 3 rings (SSSR count). The van der Waals surface area contributed by atoms with Gasteiger partial charge in [-0.25, -0.2) is 9.48 Å². The van der Waals surface area contributed by atoms with Crippen molar-refractivity contribution in [3.63, 3.8) is 0 Å². The molecule has 0 amide bonds. The van der Waals surface area contributed by atoms with Crippen LogP contribution in [0.4, 0.5) is 0 Å². The second kappa shape index (κ2) is 8.66. The molecule has 0 aliphatic rings. The van der Waals surface area contributed by atoms with Gasteiger partial charge in [0.1, 0.15) is 5.75 Å². The van der Waals surface area contributed by atoms with Crippen LogP contribution in [-0.4, -0.2) is 46.5 Å². The number of aliphatic hydroxyl groups is 1. The molecular weight excluding hydrogens is 376 g/mol. The van der Waals surface area contributed by atoms with Crippen molar-refractivity contribution in [1.29, 1.82) is 0 Å². The summed E-state index contributed by atoms with van der Waals surface area (Å²) in [5.74, 6) is -0.607. The number of esters is 1. The van der Waals surface area contributed by atoms with Crippen molar-refractivity contribution in [3.05, 3.63) is 70.1 Å². The molecule has 29 heavy (non-hydrogen) atoms. The molecule has 0 fully saturated rings. The zero-order chi connectivity index (χ0) is 21.0. The first-order valence-corrected chi connectivity index (χ1v) is 8.96. The number of carbonyl (C=O) groups is 2. The largest absolute Gasteiger partial charge is 0.497 e. The van der Waals surface area contributed by atoms with Crippen LogP contribution < -0.4 is 10.3 Å². The Bertz CT molecular complexity index is 1100. The second-order valence-corrected chi connectivity index (χ2v) is 6.29. The third-order valence-electron chi connectivity index (χ3n) is 4.40. The minimum Gasteiger partial charge on any atom is -0.497 e. The number of fused-ring (bicyclic) bond motifs is 1. The van der Waals surface area contributed by atoms with E-state index < -0.39 is 17.6 Å². The molecule has 0 aliphatic heterocycles. The third kappa shape index (κ3) is 4.17. The second-order valence-electron chi connectivity index (χ2n) is 6.29. The zero-order valence-corrected chi connectivity index (χ0v) is 16.0. The highest BCUT2D eigenvalue weighted by Gasteiger charge is 2.24. The quantitative estimate of drug-likeness (QED) is 0.479. The monoisotopic (exact) mass is 396 g/mol. The topological polar surface area (TPSA) is 108 Å². The third-order valence-corrected chi connectivity index (χ3v) is 4.40. The van der Waals surface area contributed by atoms with Gasteiger partial charge in [0.25, 0.3) is 5.56 Å². The lowest BCUT2D eigenvalue weighted by atomic mass is 10.1. The summed E-state index contributed by atoms with van der Waals surface area (Å²) in [6.07, 6.45) is -1.06. The number of Topliss-reactive ketones (excluding diaryl/α,β-unsaturated/α-hetero) is 1. The molecule has 2 aromatic carbocycles. The number of carbonyl (C=O) groups excluding carboxylic acids is 2. The fraction of sp³-hybridized carbons (Fsp3) is 0.238. The predicted octanol–water partition coefficient (Wildman–Crippen LogP) is 1.83. The van der Waals surface area contributed by atoms with Crippen LogP contribution in [0.25, 0.3) is 10.8 Å². The van der Waals surface area contributed by atoms with E-state index in [-0.39, 0.29) is 30.0 Å². The van der Waals surface area contributed by atoms with Gasteiger partial charge in [-0.2, -0.15) is 5.10 Å². The van der Waals surface area contributed by atoms with E-state index in [2.05, 4.69) is 5.10 Å². The molecule has 3 aromatic rings. The SMILES string of the molecule is COc1ccc(C(=O)[C@@H](C)OC(=O)c2nn(CCO)c(=O)c3ccccc23)cc1. The number of aliphatic hydroxyl groups excluding tert-OH is 1. The van der Waals surface area contributed by atoms with Gasteiger partial charge in [-0.15, -0.1) is 0 Å². The first-order chi connectivity index (χ1) is 14.0. The molecule has 0 aliphatic carbocycles. The van der Waals surface area contributed by atoms with Gasteiger partial charge in [0, 0.05) is 10.9 Å². The molecule has 1 N–H and O–H groups in total. The number of benzene rings is 2. The molecule has 0 radical (unpaired) electrons. The fourth-order valence-corrected chi connectivity index (χ4v) is 2.89. The summed E-state index contributed by atoms with van der Waals surface area (Å²) >= 11 is 0. The fourth-order valence-electron chi connectivity index (χ4n) is 2.89. The van der Waals surface area contributed by atoms with E-state index in [1.54, 1.807) is 48.5 Å². The Morgan fingerprint density at radius 1 is 1.10 bits per heavy atom. The van der Waals surface area contributed by atoms with Crippen molar-refractivity contribution in [2.75, 3.05) is 13.7 Å². The van der Waals surface area contributed by atoms with E-state index in [4.69, 9.17) is 14.6 Å². The van der Waals surface area contributed by atoms with Gasteiger partial charge in [0.05, 0.1) is 25.6 Å². The normalized spacial score (nSPS) is 11.8. The van der Waals surface area contributed by atoms with E-state index in [0.29, 0.717) is 16.7 Å². The average molecular weight is 396 g/mol. The number of ether oxygens (including phenoxy) is 2. The van der Waals surface area contributed by atoms with Crippen molar-refractivity contribution in [3.8, 4) is 5.75 Å². The first-order valence-electron chi connectivity index (χ1n) is 8.96. The summed E-state index contributed by atoms with van der Waals surface area (Å²) in [5, 5.41) is 13.8. The number of hydrogen-bond acceptors (Lipinski definition) is 7. The zero-order valence-electron chi connectivity index (χ0n) is 16.0. The van der Waals surface area contributed by atoms with Crippen LogP contribution >= 0.6 is 0 Å². The maximum absolute atomic E-state index is 12.7. The van der Waals surface area contributed by atoms with Crippen LogP contribution in [0.3, 0.4) is 0 Å². The Morgan fingerprint density at radius 2 is 1.76 bits per heavy atom. The van der Waals surface area contributed by atoms with Crippen LogP contribution in [0, 0.1) is 0 Å². The summed E-state index contributed by atoms with van der Waals surface area (Å²) in [4.78, 5) is 37.7. The summed E-state index contributed by atoms with van der Waals surface area (Å²) < 4.78 is 11.4. The number of rotatable bonds is 7. The highest BCUT2D eigenvalue weighted by atomic mass is 16.5. The number of methoxy groups -OCH3 is 1. The molecule has 1 heterocycles. The van der Waals surface area contributed by atoms with E-state index in [0.717, 1.165) is 4.68 Å². The molecule has 8 heteroatoms. The summed E-state index contributed by atoms with van der Waals surface area (Å²) in [6, 6.07) is 12.9. The number of nitrogens with zero attached hydrogens (tertiary/aromatic N) is 2. The summed E-state index contributed by atoms with van der Waals surface area (Å²) in [5.41, 5.74) is -0.147. The van der Waals surface area contributed by atoms with Crippen molar-refractivity contribution in [2.24, 2.45) is 0 Å². The van der Waals surface area contributed by atoms with Crippen molar-refractivity contribution in [2.45, 2.75) is 19.6 Å². The molecule has 0 saturated carbocycles. The Morgan fingerprint density at radius 3 is 2.38 bits per heavy atom. The van der Waals surface area contributed by atoms with E-state index in [1.165, 1.54) is 14.0 Å². The van der Waals surface area contributed by atoms with Gasteiger partial charge in [0.15, 0.2) is 11.8 Å². The molecule has 150 valence electrons. The van der Waals surface area contributed by atoms with E-state index in [9.17, 15) is 14.4 Å². The van der Waals surface area contributed by atoms with Crippen LogP contribution in [0.15, 0.2) is 53.3 Å².